The van der Waals surface area contributed by atoms with Crippen molar-refractivity contribution in [3.8, 4) is 0 Å². The minimum absolute atomic E-state index is 0.0315. The molecule has 0 saturated carbocycles. The van der Waals surface area contributed by atoms with Crippen molar-refractivity contribution in [2.45, 2.75) is 36.8 Å². The first-order valence-electron chi connectivity index (χ1n) is 10.8. The third-order valence-electron chi connectivity index (χ3n) is 5.23. The number of para-hydroxylation sites is 1. The van der Waals surface area contributed by atoms with Gasteiger partial charge >= 0.3 is 0 Å². The largest absolute Gasteiger partial charge is 0.352 e. The van der Waals surface area contributed by atoms with Gasteiger partial charge in [0.05, 0.1) is 10.9 Å². The minimum Gasteiger partial charge on any atom is -0.352 e. The molecule has 1 amide bonds. The van der Waals surface area contributed by atoms with Crippen molar-refractivity contribution in [3.05, 3.63) is 105 Å². The number of aromatic nitrogens is 2. The molecule has 4 aromatic rings. The molecule has 0 saturated heterocycles. The van der Waals surface area contributed by atoms with Crippen molar-refractivity contribution in [1.82, 2.24) is 14.9 Å². The monoisotopic (exact) mass is 477 g/mol. The van der Waals surface area contributed by atoms with Crippen molar-refractivity contribution >= 4 is 40.2 Å². The van der Waals surface area contributed by atoms with Gasteiger partial charge in [0.15, 0.2) is 5.16 Å². The van der Waals surface area contributed by atoms with Crippen LogP contribution in [-0.4, -0.2) is 15.5 Å². The zero-order chi connectivity index (χ0) is 23.0. The second kappa shape index (κ2) is 11.2. The van der Waals surface area contributed by atoms with Gasteiger partial charge in [-0.25, -0.2) is 4.98 Å². The highest BCUT2D eigenvalue weighted by molar-refractivity contribution is 7.98. The number of amides is 1. The van der Waals surface area contributed by atoms with Gasteiger partial charge in [-0.1, -0.05) is 78.0 Å². The predicted octanol–water partition coefficient (Wildman–Crippen LogP) is 5.44. The van der Waals surface area contributed by atoms with Crippen LogP contribution >= 0.6 is 23.4 Å². The van der Waals surface area contributed by atoms with Gasteiger partial charge in [-0.05, 0) is 41.8 Å². The molecule has 33 heavy (non-hydrogen) atoms. The quantitative estimate of drug-likeness (QED) is 0.257. The maximum Gasteiger partial charge on any atom is 0.262 e. The number of benzene rings is 3. The first-order valence-corrected chi connectivity index (χ1v) is 12.1. The molecular formula is C26H24ClN3O2S. The number of hydrogen-bond donors (Lipinski definition) is 1. The standard InChI is InChI=1S/C26H24ClN3O2S/c27-21-14-12-20(13-15-21)18-33-26-29-23-10-5-4-9-22(23)25(32)30(26)16-6-11-24(31)28-17-19-7-2-1-3-8-19/h1-5,7-10,12-15H,6,11,16-18H2,(H,28,31). The van der Waals surface area contributed by atoms with Crippen LogP contribution in [0.15, 0.2) is 88.8 Å². The Labute approximate surface area is 201 Å². The lowest BCUT2D eigenvalue weighted by atomic mass is 10.2. The minimum atomic E-state index is -0.0797. The van der Waals surface area contributed by atoms with Crippen molar-refractivity contribution in [1.29, 1.82) is 0 Å². The van der Waals surface area contributed by atoms with E-state index < -0.39 is 0 Å². The fraction of sp³-hybridized carbons (Fsp3) is 0.192. The average Bonchev–Trinajstić information content (AvgIpc) is 2.84. The highest BCUT2D eigenvalue weighted by Gasteiger charge is 2.12. The molecule has 0 aliphatic carbocycles. The van der Waals surface area contributed by atoms with E-state index in [2.05, 4.69) is 5.32 Å². The molecule has 1 heterocycles. The van der Waals surface area contributed by atoms with Crippen LogP contribution in [0.2, 0.25) is 5.02 Å². The summed E-state index contributed by atoms with van der Waals surface area (Å²) in [4.78, 5) is 30.2. The fourth-order valence-corrected chi connectivity index (χ4v) is 4.57. The van der Waals surface area contributed by atoms with Crippen LogP contribution in [0.3, 0.4) is 0 Å². The highest BCUT2D eigenvalue weighted by Crippen LogP contribution is 2.23. The number of halogens is 1. The van der Waals surface area contributed by atoms with Crippen LogP contribution in [0.5, 0.6) is 0 Å². The lowest BCUT2D eigenvalue weighted by Gasteiger charge is -2.13. The van der Waals surface area contributed by atoms with Gasteiger partial charge in [-0.2, -0.15) is 0 Å². The van der Waals surface area contributed by atoms with E-state index >= 15 is 0 Å². The molecular weight excluding hydrogens is 454 g/mol. The Morgan fingerprint density at radius 2 is 1.67 bits per heavy atom. The number of carbonyl (C=O) groups excluding carboxylic acids is 1. The lowest BCUT2D eigenvalue weighted by molar-refractivity contribution is -0.121. The normalized spacial score (nSPS) is 10.9. The Kier molecular flexibility index (Phi) is 7.81. The summed E-state index contributed by atoms with van der Waals surface area (Å²) in [7, 11) is 0. The van der Waals surface area contributed by atoms with Gasteiger partial charge in [0, 0.05) is 30.3 Å². The Morgan fingerprint density at radius 3 is 2.45 bits per heavy atom. The summed E-state index contributed by atoms with van der Waals surface area (Å²) >= 11 is 7.49. The average molecular weight is 478 g/mol. The molecule has 1 aromatic heterocycles. The number of rotatable bonds is 9. The summed E-state index contributed by atoms with van der Waals surface area (Å²) in [5.74, 6) is 0.635. The van der Waals surface area contributed by atoms with E-state index in [-0.39, 0.29) is 11.5 Å². The van der Waals surface area contributed by atoms with Crippen LogP contribution < -0.4 is 10.9 Å². The van der Waals surface area contributed by atoms with Crippen LogP contribution in [0.4, 0.5) is 0 Å². The van der Waals surface area contributed by atoms with Gasteiger partial charge in [-0.15, -0.1) is 0 Å². The Balaban J connectivity index is 1.44. The second-order valence-electron chi connectivity index (χ2n) is 7.65. The van der Waals surface area contributed by atoms with Crippen molar-refractivity contribution in [2.75, 3.05) is 0 Å². The molecule has 4 rings (SSSR count). The lowest BCUT2D eigenvalue weighted by Crippen LogP contribution is -2.26. The maximum absolute atomic E-state index is 13.2. The van der Waals surface area contributed by atoms with Gasteiger partial charge in [0.25, 0.3) is 5.56 Å². The van der Waals surface area contributed by atoms with Crippen LogP contribution in [0.1, 0.15) is 24.0 Å². The third kappa shape index (κ3) is 6.24. The molecule has 0 fully saturated rings. The topological polar surface area (TPSA) is 64.0 Å². The Hall–Kier alpha value is -3.09. The van der Waals surface area contributed by atoms with Crippen LogP contribution in [0, 0.1) is 0 Å². The summed E-state index contributed by atoms with van der Waals surface area (Å²) in [5.41, 5.74) is 2.75. The smallest absolute Gasteiger partial charge is 0.262 e. The fourth-order valence-electron chi connectivity index (χ4n) is 3.47. The molecule has 3 aromatic carbocycles. The number of hydrogen-bond acceptors (Lipinski definition) is 4. The van der Waals surface area contributed by atoms with E-state index in [1.54, 1.807) is 10.6 Å². The molecule has 0 spiro atoms. The molecule has 0 aliphatic heterocycles. The summed E-state index contributed by atoms with van der Waals surface area (Å²) in [6.45, 7) is 0.928. The van der Waals surface area contributed by atoms with Gasteiger partial charge in [0.2, 0.25) is 5.91 Å². The summed E-state index contributed by atoms with van der Waals surface area (Å²) < 4.78 is 1.69. The molecule has 168 valence electrons. The van der Waals surface area contributed by atoms with E-state index in [0.29, 0.717) is 52.8 Å². The Morgan fingerprint density at radius 1 is 0.939 bits per heavy atom. The van der Waals surface area contributed by atoms with Crippen molar-refractivity contribution in [2.24, 2.45) is 0 Å². The van der Waals surface area contributed by atoms with E-state index in [4.69, 9.17) is 16.6 Å². The van der Waals surface area contributed by atoms with Crippen LogP contribution in [0.25, 0.3) is 10.9 Å². The first kappa shape index (κ1) is 23.1. The van der Waals surface area contributed by atoms with Gasteiger partial charge in [0.1, 0.15) is 0 Å². The second-order valence-corrected chi connectivity index (χ2v) is 9.03. The number of thioether (sulfide) groups is 1. The van der Waals surface area contributed by atoms with Crippen molar-refractivity contribution in [3.63, 3.8) is 0 Å². The molecule has 0 radical (unpaired) electrons. The molecule has 0 bridgehead atoms. The molecule has 7 heteroatoms. The SMILES string of the molecule is O=C(CCCn1c(SCc2ccc(Cl)cc2)nc2ccccc2c1=O)NCc1ccccc1. The predicted molar refractivity (Wildman–Crippen MR) is 135 cm³/mol. The molecule has 0 atom stereocenters. The van der Waals surface area contributed by atoms with Gasteiger partial charge in [-0.3, -0.25) is 14.2 Å². The molecule has 0 unspecified atom stereocenters. The first-order chi connectivity index (χ1) is 16.1. The molecule has 5 nitrogen and oxygen atoms in total. The molecule has 1 N–H and O–H groups in total. The summed E-state index contributed by atoms with van der Waals surface area (Å²) in [6.07, 6.45) is 0.891. The number of nitrogens with zero attached hydrogens (tertiary/aromatic N) is 2. The number of nitrogens with one attached hydrogen (secondary N) is 1. The Bertz CT molecular complexity index is 1290. The van der Waals surface area contributed by atoms with Crippen molar-refractivity contribution < 1.29 is 4.79 Å². The molecule has 0 aliphatic rings. The van der Waals surface area contributed by atoms with E-state index in [1.165, 1.54) is 11.8 Å². The highest BCUT2D eigenvalue weighted by atomic mass is 35.5. The maximum atomic E-state index is 13.2. The zero-order valence-corrected chi connectivity index (χ0v) is 19.6. The summed E-state index contributed by atoms with van der Waals surface area (Å²) in [6, 6.07) is 24.8. The number of carbonyl (C=O) groups is 1. The van der Waals surface area contributed by atoms with E-state index in [9.17, 15) is 9.59 Å². The third-order valence-corrected chi connectivity index (χ3v) is 6.53. The number of fused-ring (bicyclic) bond motifs is 1. The van der Waals surface area contributed by atoms with Gasteiger partial charge < -0.3 is 5.32 Å². The zero-order valence-electron chi connectivity index (χ0n) is 18.0. The van der Waals surface area contributed by atoms with Crippen LogP contribution in [-0.2, 0) is 23.6 Å². The summed E-state index contributed by atoms with van der Waals surface area (Å²) in [5, 5.41) is 4.86. The van der Waals surface area contributed by atoms with E-state index in [1.807, 2.05) is 72.8 Å². The van der Waals surface area contributed by atoms with E-state index in [0.717, 1.165) is 11.1 Å².